The summed E-state index contributed by atoms with van der Waals surface area (Å²) in [5, 5.41) is 3.45. The number of ether oxygens (including phenoxy) is 1. The van der Waals surface area contributed by atoms with Crippen molar-refractivity contribution in [3.8, 4) is 0 Å². The van der Waals surface area contributed by atoms with Crippen molar-refractivity contribution in [1.82, 2.24) is 15.2 Å². The van der Waals surface area contributed by atoms with Crippen LogP contribution in [0.2, 0.25) is 0 Å². The van der Waals surface area contributed by atoms with Crippen LogP contribution in [0.1, 0.15) is 26.3 Å². The van der Waals surface area contributed by atoms with Crippen LogP contribution in [0.25, 0.3) is 0 Å². The minimum atomic E-state index is -0.420. The van der Waals surface area contributed by atoms with Crippen molar-refractivity contribution < 1.29 is 9.53 Å². The maximum atomic E-state index is 11.8. The Bertz CT molecular complexity index is 436. The average Bonchev–Trinajstić information content (AvgIpc) is 2.31. The number of hydrogen-bond acceptors (Lipinski definition) is 4. The normalized spacial score (nSPS) is 15.8. The first-order valence-electron chi connectivity index (χ1n) is 7.04. The highest BCUT2D eigenvalue weighted by Crippen LogP contribution is 2.15. The highest BCUT2D eigenvalue weighted by atomic mass is 16.6. The number of nitrogens with zero attached hydrogens (tertiary/aromatic N) is 2. The predicted octanol–water partition coefficient (Wildman–Crippen LogP) is 1.83. The SMILES string of the molecule is CC(C)(C)OC(=O)N1CC(NCCc2ccncc2)C1. The number of rotatable bonds is 4. The van der Waals surface area contributed by atoms with E-state index in [4.69, 9.17) is 4.74 Å². The first-order valence-corrected chi connectivity index (χ1v) is 7.04. The fraction of sp³-hybridized carbons (Fsp3) is 0.600. The van der Waals surface area contributed by atoms with Crippen LogP contribution in [0.4, 0.5) is 4.79 Å². The molecule has 1 fully saturated rings. The lowest BCUT2D eigenvalue weighted by Crippen LogP contribution is -2.60. The Morgan fingerprint density at radius 2 is 2.05 bits per heavy atom. The van der Waals surface area contributed by atoms with Crippen LogP contribution < -0.4 is 5.32 Å². The lowest BCUT2D eigenvalue weighted by molar-refractivity contribution is 0.00542. The Morgan fingerprint density at radius 3 is 2.65 bits per heavy atom. The number of likely N-dealkylation sites (tertiary alicyclic amines) is 1. The number of aromatic nitrogens is 1. The Morgan fingerprint density at radius 1 is 1.40 bits per heavy atom. The van der Waals surface area contributed by atoms with Gasteiger partial charge in [-0.25, -0.2) is 4.79 Å². The number of nitrogens with one attached hydrogen (secondary N) is 1. The molecule has 0 aromatic carbocycles. The second kappa shape index (κ2) is 6.22. The zero-order valence-corrected chi connectivity index (χ0v) is 12.4. The molecule has 0 bridgehead atoms. The molecule has 5 heteroatoms. The van der Waals surface area contributed by atoms with Gasteiger partial charge in [0.05, 0.1) is 0 Å². The summed E-state index contributed by atoms with van der Waals surface area (Å²) in [6.45, 7) is 8.02. The number of hydrogen-bond donors (Lipinski definition) is 1. The fourth-order valence-corrected chi connectivity index (χ4v) is 2.05. The monoisotopic (exact) mass is 277 g/mol. The molecule has 20 heavy (non-hydrogen) atoms. The summed E-state index contributed by atoms with van der Waals surface area (Å²) >= 11 is 0. The van der Waals surface area contributed by atoms with Gasteiger partial charge in [-0.2, -0.15) is 0 Å². The van der Waals surface area contributed by atoms with Crippen LogP contribution >= 0.6 is 0 Å². The molecule has 2 heterocycles. The number of amides is 1. The van der Waals surface area contributed by atoms with Gasteiger partial charge in [0.15, 0.2) is 0 Å². The molecule has 1 saturated heterocycles. The van der Waals surface area contributed by atoms with Gasteiger partial charge >= 0.3 is 6.09 Å². The highest BCUT2D eigenvalue weighted by molar-refractivity contribution is 5.69. The van der Waals surface area contributed by atoms with E-state index in [2.05, 4.69) is 10.3 Å². The van der Waals surface area contributed by atoms with E-state index in [0.29, 0.717) is 6.04 Å². The van der Waals surface area contributed by atoms with Gasteiger partial charge in [0, 0.05) is 31.5 Å². The van der Waals surface area contributed by atoms with Crippen molar-refractivity contribution in [2.24, 2.45) is 0 Å². The van der Waals surface area contributed by atoms with E-state index in [0.717, 1.165) is 26.1 Å². The third-order valence-corrected chi connectivity index (χ3v) is 3.13. The number of carbonyl (C=O) groups is 1. The molecule has 0 spiro atoms. The number of carbonyl (C=O) groups excluding carboxylic acids is 1. The summed E-state index contributed by atoms with van der Waals surface area (Å²) < 4.78 is 5.32. The Kier molecular flexibility index (Phi) is 4.60. The van der Waals surface area contributed by atoms with E-state index < -0.39 is 5.60 Å². The highest BCUT2D eigenvalue weighted by Gasteiger charge is 2.33. The lowest BCUT2D eigenvalue weighted by atomic mass is 10.1. The molecule has 1 aliphatic heterocycles. The van der Waals surface area contributed by atoms with Crippen molar-refractivity contribution in [3.63, 3.8) is 0 Å². The molecule has 2 rings (SSSR count). The molecule has 0 atom stereocenters. The van der Waals surface area contributed by atoms with Crippen LogP contribution in [-0.4, -0.2) is 47.3 Å². The van der Waals surface area contributed by atoms with Crippen molar-refractivity contribution in [2.75, 3.05) is 19.6 Å². The van der Waals surface area contributed by atoms with E-state index in [9.17, 15) is 4.79 Å². The summed E-state index contributed by atoms with van der Waals surface area (Å²) in [4.78, 5) is 17.5. The molecule has 1 N–H and O–H groups in total. The zero-order valence-electron chi connectivity index (χ0n) is 12.4. The van der Waals surface area contributed by atoms with Gasteiger partial charge in [-0.15, -0.1) is 0 Å². The first kappa shape index (κ1) is 14.8. The zero-order chi connectivity index (χ0) is 14.6. The Balaban J connectivity index is 1.61. The van der Waals surface area contributed by atoms with Crippen molar-refractivity contribution in [1.29, 1.82) is 0 Å². The second-order valence-electron chi connectivity index (χ2n) is 6.14. The van der Waals surface area contributed by atoms with Crippen LogP contribution in [0.15, 0.2) is 24.5 Å². The standard InChI is InChI=1S/C15H23N3O2/c1-15(2,3)20-14(19)18-10-13(11-18)17-9-6-12-4-7-16-8-5-12/h4-5,7-8,13,17H,6,9-11H2,1-3H3. The van der Waals surface area contributed by atoms with E-state index >= 15 is 0 Å². The summed E-state index contributed by atoms with van der Waals surface area (Å²) in [7, 11) is 0. The third-order valence-electron chi connectivity index (χ3n) is 3.13. The molecule has 1 aliphatic rings. The van der Waals surface area contributed by atoms with E-state index in [1.165, 1.54) is 5.56 Å². The predicted molar refractivity (Wildman–Crippen MR) is 77.5 cm³/mol. The van der Waals surface area contributed by atoms with E-state index in [1.54, 1.807) is 4.90 Å². The van der Waals surface area contributed by atoms with Crippen LogP contribution in [-0.2, 0) is 11.2 Å². The molecule has 110 valence electrons. The van der Waals surface area contributed by atoms with Crippen molar-refractivity contribution in [2.45, 2.75) is 38.8 Å². The molecular weight excluding hydrogens is 254 g/mol. The Hall–Kier alpha value is -1.62. The van der Waals surface area contributed by atoms with Gasteiger partial charge in [0.1, 0.15) is 5.60 Å². The summed E-state index contributed by atoms with van der Waals surface area (Å²) in [6.07, 6.45) is 4.38. The third kappa shape index (κ3) is 4.49. The second-order valence-corrected chi connectivity index (χ2v) is 6.14. The van der Waals surface area contributed by atoms with Gasteiger partial charge in [-0.1, -0.05) is 0 Å². The molecule has 0 saturated carbocycles. The maximum absolute atomic E-state index is 11.8. The van der Waals surface area contributed by atoms with Gasteiger partial charge in [0.2, 0.25) is 0 Å². The maximum Gasteiger partial charge on any atom is 0.410 e. The molecule has 0 unspecified atom stereocenters. The largest absolute Gasteiger partial charge is 0.444 e. The molecule has 1 aromatic rings. The number of pyridine rings is 1. The van der Waals surface area contributed by atoms with Gasteiger partial charge < -0.3 is 15.0 Å². The molecule has 0 aliphatic carbocycles. The lowest BCUT2D eigenvalue weighted by Gasteiger charge is -2.40. The van der Waals surface area contributed by atoms with Gasteiger partial charge in [0.25, 0.3) is 0 Å². The summed E-state index contributed by atoms with van der Waals surface area (Å²) in [5.74, 6) is 0. The van der Waals surface area contributed by atoms with Gasteiger partial charge in [-0.3, -0.25) is 4.98 Å². The molecule has 1 amide bonds. The first-order chi connectivity index (χ1) is 9.44. The van der Waals surface area contributed by atoms with Gasteiger partial charge in [-0.05, 0) is 51.4 Å². The minimum absolute atomic E-state index is 0.218. The quantitative estimate of drug-likeness (QED) is 0.912. The molecular formula is C15H23N3O2. The molecule has 1 aromatic heterocycles. The van der Waals surface area contributed by atoms with Crippen molar-refractivity contribution in [3.05, 3.63) is 30.1 Å². The molecule has 5 nitrogen and oxygen atoms in total. The summed E-state index contributed by atoms with van der Waals surface area (Å²) in [5.41, 5.74) is 0.854. The van der Waals surface area contributed by atoms with Crippen LogP contribution in [0.3, 0.4) is 0 Å². The van der Waals surface area contributed by atoms with Crippen LogP contribution in [0, 0.1) is 0 Å². The van der Waals surface area contributed by atoms with Crippen molar-refractivity contribution >= 4 is 6.09 Å². The van der Waals surface area contributed by atoms with E-state index in [1.807, 2.05) is 45.3 Å². The summed E-state index contributed by atoms with van der Waals surface area (Å²) in [6, 6.07) is 4.43. The van der Waals surface area contributed by atoms with Crippen LogP contribution in [0.5, 0.6) is 0 Å². The minimum Gasteiger partial charge on any atom is -0.444 e. The fourth-order valence-electron chi connectivity index (χ4n) is 2.05. The average molecular weight is 277 g/mol. The van der Waals surface area contributed by atoms with E-state index in [-0.39, 0.29) is 6.09 Å². The molecule has 0 radical (unpaired) electrons. The smallest absolute Gasteiger partial charge is 0.410 e. The Labute approximate surface area is 120 Å². The topological polar surface area (TPSA) is 54.5 Å².